The third-order valence-corrected chi connectivity index (χ3v) is 6.29. The molecule has 0 saturated carbocycles. The van der Waals surface area contributed by atoms with Crippen molar-refractivity contribution in [3.63, 3.8) is 0 Å². The Labute approximate surface area is 233 Å². The second kappa shape index (κ2) is 14.7. The normalized spacial score (nSPS) is 13.8. The maximum Gasteiger partial charge on any atom is 0.408 e. The van der Waals surface area contributed by atoms with Crippen molar-refractivity contribution in [2.24, 2.45) is 5.92 Å². The number of amides is 3. The van der Waals surface area contributed by atoms with Crippen LogP contribution in [0.5, 0.6) is 0 Å². The van der Waals surface area contributed by atoms with E-state index in [0.29, 0.717) is 24.4 Å². The summed E-state index contributed by atoms with van der Waals surface area (Å²) in [6, 6.07) is 14.4. The van der Waals surface area contributed by atoms with E-state index in [2.05, 4.69) is 24.5 Å². The van der Waals surface area contributed by atoms with E-state index in [4.69, 9.17) is 4.74 Å². The van der Waals surface area contributed by atoms with Crippen LogP contribution in [0.1, 0.15) is 77.1 Å². The monoisotopic (exact) mass is 539 g/mol. The Bertz CT molecular complexity index is 1060. The molecule has 3 unspecified atom stereocenters. The topological polar surface area (TPSA) is 108 Å². The van der Waals surface area contributed by atoms with E-state index < -0.39 is 36.3 Å². The highest BCUT2D eigenvalue weighted by Gasteiger charge is 2.38. The van der Waals surface area contributed by atoms with Gasteiger partial charge in [0.05, 0.1) is 6.61 Å². The van der Waals surface area contributed by atoms with Crippen LogP contribution in [-0.4, -0.2) is 52.2 Å². The SMILES string of the molecule is Cc1ccc(C(C(=O)NCc2ccccc2)N(C(=O)C(CO)NC(=O)OC(C)(C)C)C(C)CCC(C)C)cc1. The maximum atomic E-state index is 14.0. The zero-order valence-corrected chi connectivity index (χ0v) is 24.4. The zero-order chi connectivity index (χ0) is 29.2. The molecule has 0 aliphatic heterocycles. The number of rotatable bonds is 12. The molecule has 3 amide bonds. The van der Waals surface area contributed by atoms with Crippen LogP contribution in [0, 0.1) is 12.8 Å². The summed E-state index contributed by atoms with van der Waals surface area (Å²) in [7, 11) is 0. The van der Waals surface area contributed by atoms with Crippen molar-refractivity contribution in [2.45, 2.75) is 91.6 Å². The fourth-order valence-corrected chi connectivity index (χ4v) is 4.20. The summed E-state index contributed by atoms with van der Waals surface area (Å²) in [5.74, 6) is -0.510. The van der Waals surface area contributed by atoms with Gasteiger partial charge in [0.15, 0.2) is 0 Å². The molecule has 8 nitrogen and oxygen atoms in total. The molecule has 2 rings (SSSR count). The molecule has 3 atom stereocenters. The minimum atomic E-state index is -1.28. The first-order chi connectivity index (χ1) is 18.3. The quantitative estimate of drug-likeness (QED) is 0.356. The summed E-state index contributed by atoms with van der Waals surface area (Å²) in [5.41, 5.74) is 1.82. The van der Waals surface area contributed by atoms with E-state index in [1.54, 1.807) is 20.8 Å². The average molecular weight is 540 g/mol. The van der Waals surface area contributed by atoms with E-state index in [9.17, 15) is 19.5 Å². The first-order valence-corrected chi connectivity index (χ1v) is 13.6. The van der Waals surface area contributed by atoms with E-state index in [0.717, 1.165) is 17.5 Å². The second-order valence-corrected chi connectivity index (χ2v) is 11.5. The van der Waals surface area contributed by atoms with Crippen LogP contribution < -0.4 is 10.6 Å². The first kappa shape index (κ1) is 31.8. The van der Waals surface area contributed by atoms with Gasteiger partial charge in [-0.1, -0.05) is 74.0 Å². The molecule has 0 aliphatic carbocycles. The summed E-state index contributed by atoms with van der Waals surface area (Å²) in [6.45, 7) is 12.9. The van der Waals surface area contributed by atoms with Gasteiger partial charge in [-0.25, -0.2) is 4.79 Å². The highest BCUT2D eigenvalue weighted by Crippen LogP contribution is 2.28. The van der Waals surface area contributed by atoms with Crippen LogP contribution >= 0.6 is 0 Å². The Morgan fingerprint density at radius 2 is 1.56 bits per heavy atom. The molecule has 214 valence electrons. The number of carbonyl (C=O) groups is 3. The molecule has 0 heterocycles. The highest BCUT2D eigenvalue weighted by molar-refractivity contribution is 5.92. The number of aliphatic hydroxyl groups is 1. The van der Waals surface area contributed by atoms with Gasteiger partial charge in [0, 0.05) is 12.6 Å². The Morgan fingerprint density at radius 3 is 2.10 bits per heavy atom. The molecule has 0 spiro atoms. The smallest absolute Gasteiger partial charge is 0.408 e. The Hall–Kier alpha value is -3.39. The van der Waals surface area contributed by atoms with Crippen LogP contribution in [0.4, 0.5) is 4.79 Å². The molecule has 0 radical (unpaired) electrons. The summed E-state index contributed by atoms with van der Waals surface area (Å²) in [6.07, 6.45) is 0.660. The van der Waals surface area contributed by atoms with Crippen LogP contribution in [-0.2, 0) is 20.9 Å². The zero-order valence-electron chi connectivity index (χ0n) is 24.4. The van der Waals surface area contributed by atoms with Crippen molar-refractivity contribution in [1.29, 1.82) is 0 Å². The third kappa shape index (κ3) is 10.4. The van der Waals surface area contributed by atoms with Crippen LogP contribution in [0.25, 0.3) is 0 Å². The number of nitrogens with one attached hydrogen (secondary N) is 2. The van der Waals surface area contributed by atoms with E-state index in [1.807, 2.05) is 68.4 Å². The molecule has 2 aromatic rings. The molecule has 2 aromatic carbocycles. The summed E-state index contributed by atoms with van der Waals surface area (Å²) in [5, 5.41) is 15.6. The fraction of sp³-hybridized carbons (Fsp3) is 0.516. The van der Waals surface area contributed by atoms with Gasteiger partial charge < -0.3 is 25.4 Å². The van der Waals surface area contributed by atoms with Gasteiger partial charge in [0.1, 0.15) is 17.7 Å². The highest BCUT2D eigenvalue weighted by atomic mass is 16.6. The summed E-state index contributed by atoms with van der Waals surface area (Å²) >= 11 is 0. The Kier molecular flexibility index (Phi) is 12.0. The van der Waals surface area contributed by atoms with Gasteiger partial charge >= 0.3 is 6.09 Å². The molecule has 0 saturated heterocycles. The standard InChI is InChI=1S/C31H45N3O5/c1-21(2)13-16-23(4)34(29(37)26(20-35)33-30(38)39-31(5,6)7)27(25-17-14-22(3)15-18-25)28(36)32-19-24-11-9-8-10-12-24/h8-12,14-15,17-18,21,23,26-27,35H,13,16,19-20H2,1-7H3,(H,32,36)(H,33,38). The number of carbonyl (C=O) groups excluding carboxylic acids is 3. The van der Waals surface area contributed by atoms with Gasteiger partial charge in [0.2, 0.25) is 11.8 Å². The molecule has 0 aliphatic rings. The first-order valence-electron chi connectivity index (χ1n) is 13.6. The molecule has 39 heavy (non-hydrogen) atoms. The largest absolute Gasteiger partial charge is 0.444 e. The number of aryl methyl sites for hydroxylation is 1. The Balaban J connectivity index is 2.48. The molecule has 3 N–H and O–H groups in total. The van der Waals surface area contributed by atoms with Gasteiger partial charge in [-0.2, -0.15) is 0 Å². The van der Waals surface area contributed by atoms with Crippen molar-refractivity contribution in [3.05, 3.63) is 71.3 Å². The summed E-state index contributed by atoms with van der Waals surface area (Å²) < 4.78 is 5.32. The van der Waals surface area contributed by atoms with Gasteiger partial charge in [-0.15, -0.1) is 0 Å². The van der Waals surface area contributed by atoms with Crippen molar-refractivity contribution in [1.82, 2.24) is 15.5 Å². The molecule has 8 heteroatoms. The van der Waals surface area contributed by atoms with Crippen molar-refractivity contribution in [3.8, 4) is 0 Å². The number of aliphatic hydroxyl groups excluding tert-OH is 1. The number of benzene rings is 2. The van der Waals surface area contributed by atoms with Crippen molar-refractivity contribution < 1.29 is 24.2 Å². The van der Waals surface area contributed by atoms with Crippen molar-refractivity contribution in [2.75, 3.05) is 6.61 Å². The molecule has 0 bridgehead atoms. The number of hydrogen-bond acceptors (Lipinski definition) is 5. The lowest BCUT2D eigenvalue weighted by Crippen LogP contribution is -2.56. The average Bonchev–Trinajstić information content (AvgIpc) is 2.87. The predicted molar refractivity (Wildman–Crippen MR) is 153 cm³/mol. The Morgan fingerprint density at radius 1 is 0.949 bits per heavy atom. The van der Waals surface area contributed by atoms with E-state index >= 15 is 0 Å². The fourth-order valence-electron chi connectivity index (χ4n) is 4.20. The molecular weight excluding hydrogens is 494 g/mol. The number of nitrogens with zero attached hydrogens (tertiary/aromatic N) is 1. The third-order valence-electron chi connectivity index (χ3n) is 6.29. The van der Waals surface area contributed by atoms with Crippen LogP contribution in [0.3, 0.4) is 0 Å². The predicted octanol–water partition coefficient (Wildman–Crippen LogP) is 4.89. The minimum Gasteiger partial charge on any atom is -0.444 e. The minimum absolute atomic E-state index is 0.296. The number of hydrogen-bond donors (Lipinski definition) is 3. The lowest BCUT2D eigenvalue weighted by Gasteiger charge is -2.38. The molecular formula is C31H45N3O5. The van der Waals surface area contributed by atoms with E-state index in [1.165, 1.54) is 4.90 Å². The maximum absolute atomic E-state index is 14.0. The number of ether oxygens (including phenoxy) is 1. The van der Waals surface area contributed by atoms with Crippen LogP contribution in [0.2, 0.25) is 0 Å². The van der Waals surface area contributed by atoms with Crippen molar-refractivity contribution >= 4 is 17.9 Å². The molecule has 0 aromatic heterocycles. The molecule has 0 fully saturated rings. The summed E-state index contributed by atoms with van der Waals surface area (Å²) in [4.78, 5) is 41.9. The number of alkyl carbamates (subject to hydrolysis) is 1. The lowest BCUT2D eigenvalue weighted by molar-refractivity contribution is -0.146. The van der Waals surface area contributed by atoms with Gasteiger partial charge in [0.25, 0.3) is 0 Å². The van der Waals surface area contributed by atoms with E-state index in [-0.39, 0.29) is 11.9 Å². The van der Waals surface area contributed by atoms with Crippen LogP contribution in [0.15, 0.2) is 54.6 Å². The second-order valence-electron chi connectivity index (χ2n) is 11.5. The van der Waals surface area contributed by atoms with Gasteiger partial charge in [-0.05, 0) is 64.5 Å². The lowest BCUT2D eigenvalue weighted by atomic mass is 9.96. The van der Waals surface area contributed by atoms with Gasteiger partial charge in [-0.3, -0.25) is 9.59 Å².